The average molecular weight is 224 g/mol. The molecule has 0 aliphatic heterocycles. The number of hydrogen-bond donors (Lipinski definition) is 2. The van der Waals surface area contributed by atoms with E-state index in [0.717, 1.165) is 0 Å². The highest BCUT2D eigenvalue weighted by Crippen LogP contribution is 2.18. The molecule has 88 valence electrons. The van der Waals surface area contributed by atoms with Gasteiger partial charge in [0, 0.05) is 0 Å². The van der Waals surface area contributed by atoms with Crippen LogP contribution >= 0.6 is 0 Å². The molecule has 1 aromatic rings. The maximum absolute atomic E-state index is 10.9. The van der Waals surface area contributed by atoms with Gasteiger partial charge in [0.15, 0.2) is 0 Å². The number of carbonyl (C=O) groups is 1. The summed E-state index contributed by atoms with van der Waals surface area (Å²) in [5.41, 5.74) is 0.498. The first-order chi connectivity index (χ1) is 7.52. The van der Waals surface area contributed by atoms with Crippen molar-refractivity contribution < 1.29 is 19.7 Å². The fourth-order valence-electron chi connectivity index (χ4n) is 1.36. The van der Waals surface area contributed by atoms with Crippen LogP contribution in [0.4, 0.5) is 0 Å². The molecule has 4 nitrogen and oxygen atoms in total. The third-order valence-electron chi connectivity index (χ3n) is 2.14. The maximum Gasteiger partial charge on any atom is 0.336 e. The molecule has 0 saturated carbocycles. The fraction of sp³-hybridized carbons (Fsp3) is 0.417. The van der Waals surface area contributed by atoms with Gasteiger partial charge in [0.1, 0.15) is 6.10 Å². The second-order valence-corrected chi connectivity index (χ2v) is 3.79. The Morgan fingerprint density at radius 2 is 2.00 bits per heavy atom. The van der Waals surface area contributed by atoms with Crippen molar-refractivity contribution in [3.8, 4) is 0 Å². The van der Waals surface area contributed by atoms with Crippen molar-refractivity contribution in [2.75, 3.05) is 6.61 Å². The average Bonchev–Trinajstić information content (AvgIpc) is 2.25. The molecule has 1 atom stereocenters. The monoisotopic (exact) mass is 224 g/mol. The molecule has 2 N–H and O–H groups in total. The van der Waals surface area contributed by atoms with Gasteiger partial charge in [0.25, 0.3) is 0 Å². The summed E-state index contributed by atoms with van der Waals surface area (Å²) in [6.45, 7) is 3.81. The molecule has 4 heteroatoms. The smallest absolute Gasteiger partial charge is 0.336 e. The summed E-state index contributed by atoms with van der Waals surface area (Å²) in [6.07, 6.45) is -0.902. The molecule has 0 aliphatic carbocycles. The van der Waals surface area contributed by atoms with Crippen LogP contribution in [0, 0.1) is 0 Å². The molecule has 1 rings (SSSR count). The van der Waals surface area contributed by atoms with E-state index in [1.165, 1.54) is 6.07 Å². The lowest BCUT2D eigenvalue weighted by molar-refractivity contribution is 0.00440. The van der Waals surface area contributed by atoms with Gasteiger partial charge in [-0.05, 0) is 25.5 Å². The number of ether oxygens (including phenoxy) is 1. The summed E-state index contributed by atoms with van der Waals surface area (Å²) in [6, 6.07) is 6.39. The van der Waals surface area contributed by atoms with Crippen molar-refractivity contribution in [3.63, 3.8) is 0 Å². The van der Waals surface area contributed by atoms with Crippen molar-refractivity contribution in [1.82, 2.24) is 0 Å². The predicted octanol–water partition coefficient (Wildman–Crippen LogP) is 1.84. The Balaban J connectivity index is 2.82. The topological polar surface area (TPSA) is 66.8 Å². The number of carboxylic acid groups (broad SMARTS) is 1. The molecule has 0 radical (unpaired) electrons. The Hall–Kier alpha value is -1.39. The highest BCUT2D eigenvalue weighted by Gasteiger charge is 2.16. The lowest BCUT2D eigenvalue weighted by Crippen LogP contribution is -2.14. The van der Waals surface area contributed by atoms with Gasteiger partial charge in [-0.3, -0.25) is 0 Å². The minimum atomic E-state index is -1.04. The van der Waals surface area contributed by atoms with Gasteiger partial charge in [-0.15, -0.1) is 0 Å². The highest BCUT2D eigenvalue weighted by molar-refractivity contribution is 5.89. The second kappa shape index (κ2) is 5.63. The first kappa shape index (κ1) is 12.7. The largest absolute Gasteiger partial charge is 0.478 e. The van der Waals surface area contributed by atoms with Crippen LogP contribution in [-0.2, 0) is 4.74 Å². The second-order valence-electron chi connectivity index (χ2n) is 3.79. The van der Waals surface area contributed by atoms with Crippen LogP contribution in [0.1, 0.15) is 35.9 Å². The van der Waals surface area contributed by atoms with Crippen molar-refractivity contribution >= 4 is 5.97 Å². The molecule has 0 spiro atoms. The van der Waals surface area contributed by atoms with Crippen LogP contribution in [0.2, 0.25) is 0 Å². The first-order valence-corrected chi connectivity index (χ1v) is 5.14. The van der Waals surface area contributed by atoms with Crippen LogP contribution in [0.25, 0.3) is 0 Å². The van der Waals surface area contributed by atoms with Crippen LogP contribution in [0.5, 0.6) is 0 Å². The van der Waals surface area contributed by atoms with E-state index in [9.17, 15) is 9.90 Å². The van der Waals surface area contributed by atoms with Gasteiger partial charge >= 0.3 is 5.97 Å². The zero-order valence-electron chi connectivity index (χ0n) is 9.38. The molecule has 0 fully saturated rings. The molecular weight excluding hydrogens is 208 g/mol. The van der Waals surface area contributed by atoms with E-state index in [1.54, 1.807) is 18.2 Å². The first-order valence-electron chi connectivity index (χ1n) is 5.14. The SMILES string of the molecule is CC(C)OCC(O)c1ccccc1C(=O)O. The normalized spacial score (nSPS) is 12.8. The van der Waals surface area contributed by atoms with E-state index in [1.807, 2.05) is 13.8 Å². The number of rotatable bonds is 5. The Bertz CT molecular complexity index is 360. The van der Waals surface area contributed by atoms with Gasteiger partial charge < -0.3 is 14.9 Å². The Labute approximate surface area is 94.5 Å². The third kappa shape index (κ3) is 3.32. The number of aliphatic hydroxyl groups is 1. The minimum Gasteiger partial charge on any atom is -0.478 e. The summed E-state index contributed by atoms with van der Waals surface area (Å²) in [5.74, 6) is -1.04. The van der Waals surface area contributed by atoms with E-state index in [4.69, 9.17) is 9.84 Å². The zero-order valence-corrected chi connectivity index (χ0v) is 9.38. The molecule has 0 amide bonds. The van der Waals surface area contributed by atoms with E-state index in [-0.39, 0.29) is 18.3 Å². The number of hydrogen-bond acceptors (Lipinski definition) is 3. The van der Waals surface area contributed by atoms with Crippen molar-refractivity contribution in [1.29, 1.82) is 0 Å². The number of aromatic carboxylic acids is 1. The lowest BCUT2D eigenvalue weighted by atomic mass is 10.0. The molecule has 16 heavy (non-hydrogen) atoms. The Morgan fingerprint density at radius 1 is 1.38 bits per heavy atom. The number of carboxylic acids is 1. The van der Waals surface area contributed by atoms with Gasteiger partial charge in [-0.1, -0.05) is 18.2 Å². The van der Waals surface area contributed by atoms with Gasteiger partial charge in [0.05, 0.1) is 18.3 Å². The van der Waals surface area contributed by atoms with Crippen molar-refractivity contribution in [2.24, 2.45) is 0 Å². The molecular formula is C12H16O4. The number of benzene rings is 1. The Kier molecular flexibility index (Phi) is 4.46. The van der Waals surface area contributed by atoms with Gasteiger partial charge in [-0.2, -0.15) is 0 Å². The summed E-state index contributed by atoms with van der Waals surface area (Å²) in [7, 11) is 0. The van der Waals surface area contributed by atoms with E-state index in [2.05, 4.69) is 0 Å². The molecule has 1 unspecified atom stereocenters. The van der Waals surface area contributed by atoms with E-state index < -0.39 is 12.1 Å². The summed E-state index contributed by atoms with van der Waals surface area (Å²) in [5, 5.41) is 18.8. The minimum absolute atomic E-state index is 0.00615. The standard InChI is InChI=1S/C12H16O4/c1-8(2)16-7-11(13)9-5-3-4-6-10(9)12(14)15/h3-6,8,11,13H,7H2,1-2H3,(H,14,15). The summed E-state index contributed by atoms with van der Waals surface area (Å²) >= 11 is 0. The van der Waals surface area contributed by atoms with E-state index >= 15 is 0 Å². The Morgan fingerprint density at radius 3 is 2.56 bits per heavy atom. The highest BCUT2D eigenvalue weighted by atomic mass is 16.5. The number of aliphatic hydroxyl groups excluding tert-OH is 1. The predicted molar refractivity (Wildman–Crippen MR) is 59.4 cm³/mol. The van der Waals surface area contributed by atoms with Crippen LogP contribution < -0.4 is 0 Å². The zero-order chi connectivity index (χ0) is 12.1. The van der Waals surface area contributed by atoms with Crippen LogP contribution in [0.3, 0.4) is 0 Å². The molecule has 0 heterocycles. The maximum atomic E-state index is 10.9. The summed E-state index contributed by atoms with van der Waals surface area (Å²) in [4.78, 5) is 10.9. The van der Waals surface area contributed by atoms with Crippen molar-refractivity contribution in [3.05, 3.63) is 35.4 Å². The van der Waals surface area contributed by atoms with Gasteiger partial charge in [0.2, 0.25) is 0 Å². The van der Waals surface area contributed by atoms with E-state index in [0.29, 0.717) is 5.56 Å². The van der Waals surface area contributed by atoms with Crippen molar-refractivity contribution in [2.45, 2.75) is 26.1 Å². The molecule has 0 aliphatic rings. The molecule has 0 bridgehead atoms. The quantitative estimate of drug-likeness (QED) is 0.800. The van der Waals surface area contributed by atoms with Gasteiger partial charge in [-0.25, -0.2) is 4.79 Å². The van der Waals surface area contributed by atoms with Crippen LogP contribution in [0.15, 0.2) is 24.3 Å². The third-order valence-corrected chi connectivity index (χ3v) is 2.14. The van der Waals surface area contributed by atoms with Crippen LogP contribution in [-0.4, -0.2) is 28.9 Å². The molecule has 0 saturated heterocycles. The lowest BCUT2D eigenvalue weighted by Gasteiger charge is -2.15. The summed E-state index contributed by atoms with van der Waals surface area (Å²) < 4.78 is 5.25. The fourth-order valence-corrected chi connectivity index (χ4v) is 1.36. The molecule has 1 aromatic carbocycles. The molecule has 0 aromatic heterocycles.